The molecule has 0 N–H and O–H groups in total. The second kappa shape index (κ2) is 7.45. The Morgan fingerprint density at radius 3 is 2.05 bits per heavy atom. The number of rotatable bonds is 2. The molecular formula is C22H30. The van der Waals surface area contributed by atoms with E-state index in [4.69, 9.17) is 0 Å². The average Bonchev–Trinajstić information content (AvgIpc) is 2.47. The zero-order valence-electron chi connectivity index (χ0n) is 14.8. The monoisotopic (exact) mass is 294 g/mol. The van der Waals surface area contributed by atoms with E-state index in [-0.39, 0.29) is 10.8 Å². The maximum atomic E-state index is 3.81. The predicted octanol–water partition coefficient (Wildman–Crippen LogP) is 6.71. The van der Waals surface area contributed by atoms with Crippen molar-refractivity contribution in [2.24, 2.45) is 5.41 Å². The van der Waals surface area contributed by atoms with Crippen LogP contribution in [0.1, 0.15) is 52.2 Å². The minimum atomic E-state index is 0.207. The van der Waals surface area contributed by atoms with Crippen LogP contribution in [0.5, 0.6) is 0 Å². The quantitative estimate of drug-likeness (QED) is 0.532. The van der Waals surface area contributed by atoms with Crippen LogP contribution in [0.2, 0.25) is 0 Å². The van der Waals surface area contributed by atoms with E-state index in [0.717, 1.165) is 6.42 Å². The highest BCUT2D eigenvalue weighted by Gasteiger charge is 2.18. The molecule has 0 heteroatoms. The third kappa shape index (κ3) is 5.52. The van der Waals surface area contributed by atoms with Gasteiger partial charge in [0.25, 0.3) is 0 Å². The van der Waals surface area contributed by atoms with Crippen LogP contribution in [0.25, 0.3) is 6.08 Å². The van der Waals surface area contributed by atoms with Crippen LogP contribution in [0.3, 0.4) is 0 Å². The average molecular weight is 294 g/mol. The highest BCUT2D eigenvalue weighted by atomic mass is 14.2. The van der Waals surface area contributed by atoms with Crippen molar-refractivity contribution in [3.8, 4) is 0 Å². The van der Waals surface area contributed by atoms with Gasteiger partial charge in [-0.25, -0.2) is 0 Å². The largest absolute Gasteiger partial charge is 0.102 e. The molecule has 0 fully saturated rings. The Bertz CT molecular complexity index is 561. The Kier molecular flexibility index (Phi) is 6.17. The number of hydrogen-bond acceptors (Lipinski definition) is 0. The Balaban J connectivity index is 0.000000224. The summed E-state index contributed by atoms with van der Waals surface area (Å²) >= 11 is 0. The van der Waals surface area contributed by atoms with Crippen molar-refractivity contribution < 1.29 is 0 Å². The SMILES string of the molecule is C=CC1(C)C=CC=C(C)C1.C=Cc1ccc(C(C)(C)C)cc1. The third-order valence-corrected chi connectivity index (χ3v) is 4.00. The molecule has 1 atom stereocenters. The lowest BCUT2D eigenvalue weighted by molar-refractivity contribution is 0.540. The van der Waals surface area contributed by atoms with Gasteiger partial charge in [0, 0.05) is 5.41 Å². The molecule has 118 valence electrons. The zero-order valence-corrected chi connectivity index (χ0v) is 14.8. The molecule has 22 heavy (non-hydrogen) atoms. The van der Waals surface area contributed by atoms with Gasteiger partial charge in [0.05, 0.1) is 0 Å². The summed E-state index contributed by atoms with van der Waals surface area (Å²) in [5, 5.41) is 0. The van der Waals surface area contributed by atoms with E-state index in [1.807, 2.05) is 12.2 Å². The van der Waals surface area contributed by atoms with E-state index < -0.39 is 0 Å². The molecule has 2 rings (SSSR count). The smallest absolute Gasteiger partial charge is 0.00702 e. The second-order valence-electron chi connectivity index (χ2n) is 7.33. The molecule has 1 unspecified atom stereocenters. The third-order valence-electron chi connectivity index (χ3n) is 4.00. The van der Waals surface area contributed by atoms with Crippen molar-refractivity contribution in [3.63, 3.8) is 0 Å². The van der Waals surface area contributed by atoms with E-state index in [1.54, 1.807) is 0 Å². The predicted molar refractivity (Wildman–Crippen MR) is 101 cm³/mol. The highest BCUT2D eigenvalue weighted by molar-refractivity contribution is 5.47. The van der Waals surface area contributed by atoms with Gasteiger partial charge < -0.3 is 0 Å². The van der Waals surface area contributed by atoms with Crippen LogP contribution >= 0.6 is 0 Å². The van der Waals surface area contributed by atoms with Crippen molar-refractivity contribution in [2.75, 3.05) is 0 Å². The fraction of sp³-hybridized carbons (Fsp3) is 0.364. The minimum absolute atomic E-state index is 0.207. The van der Waals surface area contributed by atoms with E-state index in [1.165, 1.54) is 16.7 Å². The molecule has 0 saturated carbocycles. The van der Waals surface area contributed by atoms with Crippen LogP contribution in [-0.4, -0.2) is 0 Å². The van der Waals surface area contributed by atoms with Gasteiger partial charge in [-0.15, -0.1) is 6.58 Å². The summed E-state index contributed by atoms with van der Waals surface area (Å²) in [6, 6.07) is 8.54. The summed E-state index contributed by atoms with van der Waals surface area (Å²) in [4.78, 5) is 0. The number of benzene rings is 1. The lowest BCUT2D eigenvalue weighted by atomic mass is 9.81. The maximum absolute atomic E-state index is 3.81. The number of allylic oxidation sites excluding steroid dienone is 5. The summed E-state index contributed by atoms with van der Waals surface area (Å²) in [6.45, 7) is 18.5. The van der Waals surface area contributed by atoms with E-state index in [9.17, 15) is 0 Å². The first-order valence-corrected chi connectivity index (χ1v) is 7.92. The lowest BCUT2D eigenvalue weighted by Crippen LogP contribution is -2.11. The summed E-state index contributed by atoms with van der Waals surface area (Å²) in [5.41, 5.74) is 4.44. The lowest BCUT2D eigenvalue weighted by Gasteiger charge is -2.24. The molecule has 1 aromatic carbocycles. The van der Waals surface area contributed by atoms with Crippen molar-refractivity contribution >= 4 is 6.08 Å². The molecule has 0 aliphatic heterocycles. The highest BCUT2D eigenvalue weighted by Crippen LogP contribution is 2.31. The van der Waals surface area contributed by atoms with Crippen molar-refractivity contribution in [2.45, 2.75) is 46.5 Å². The minimum Gasteiger partial charge on any atom is -0.102 e. The van der Waals surface area contributed by atoms with Crippen LogP contribution in [0.4, 0.5) is 0 Å². The molecule has 0 nitrogen and oxygen atoms in total. The molecule has 0 bridgehead atoms. The van der Waals surface area contributed by atoms with Crippen LogP contribution in [-0.2, 0) is 5.41 Å². The standard InChI is InChI=1S/C12H16.C10H14/c1-5-10-6-8-11(9-7-10)12(2,3)4;1-4-10(3)7-5-6-9(2)8-10/h5-9H,1H2,2-4H3;4-7H,1,8H2,2-3H3. The molecule has 0 spiro atoms. The van der Waals surface area contributed by atoms with Crippen LogP contribution in [0, 0.1) is 5.41 Å². The first kappa shape index (κ1) is 18.2. The van der Waals surface area contributed by atoms with Crippen molar-refractivity contribution in [3.05, 3.63) is 78.4 Å². The molecule has 0 amide bonds. The first-order chi connectivity index (χ1) is 10.2. The van der Waals surface area contributed by atoms with Gasteiger partial charge in [-0.05, 0) is 29.9 Å². The van der Waals surface area contributed by atoms with E-state index in [0.29, 0.717) is 0 Å². The normalized spacial score (nSPS) is 20.5. The number of hydrogen-bond donors (Lipinski definition) is 0. The molecule has 1 aliphatic carbocycles. The second-order valence-corrected chi connectivity index (χ2v) is 7.33. The maximum Gasteiger partial charge on any atom is 0.00702 e. The summed E-state index contributed by atoms with van der Waals surface area (Å²) < 4.78 is 0. The van der Waals surface area contributed by atoms with Gasteiger partial charge in [0.2, 0.25) is 0 Å². The van der Waals surface area contributed by atoms with E-state index >= 15 is 0 Å². The van der Waals surface area contributed by atoms with Crippen LogP contribution < -0.4 is 0 Å². The van der Waals surface area contributed by atoms with Gasteiger partial charge in [-0.2, -0.15) is 0 Å². The van der Waals surface area contributed by atoms with Crippen molar-refractivity contribution in [1.82, 2.24) is 0 Å². The van der Waals surface area contributed by atoms with Gasteiger partial charge in [0.15, 0.2) is 0 Å². The Hall–Kier alpha value is -1.82. The van der Waals surface area contributed by atoms with Crippen LogP contribution in [0.15, 0.2) is 67.3 Å². The summed E-state index contributed by atoms with van der Waals surface area (Å²) in [7, 11) is 0. The molecule has 0 heterocycles. The Morgan fingerprint density at radius 1 is 1.09 bits per heavy atom. The zero-order chi connectivity index (χ0) is 16.8. The Morgan fingerprint density at radius 2 is 1.68 bits per heavy atom. The Labute approximate surface area is 137 Å². The van der Waals surface area contributed by atoms with Gasteiger partial charge in [-0.3, -0.25) is 0 Å². The molecule has 0 aromatic heterocycles. The van der Waals surface area contributed by atoms with E-state index in [2.05, 4.69) is 90.3 Å². The van der Waals surface area contributed by atoms with Crippen molar-refractivity contribution in [1.29, 1.82) is 0 Å². The van der Waals surface area contributed by atoms with Gasteiger partial charge in [0.1, 0.15) is 0 Å². The molecule has 0 radical (unpaired) electrons. The molecule has 1 aromatic rings. The fourth-order valence-corrected chi connectivity index (χ4v) is 2.41. The van der Waals surface area contributed by atoms with Gasteiger partial charge >= 0.3 is 0 Å². The first-order valence-electron chi connectivity index (χ1n) is 7.92. The topological polar surface area (TPSA) is 0 Å². The summed E-state index contributed by atoms with van der Waals surface area (Å²) in [6.07, 6.45) is 11.5. The molecule has 1 aliphatic rings. The van der Waals surface area contributed by atoms with Gasteiger partial charge in [-0.1, -0.05) is 94.5 Å². The molecular weight excluding hydrogens is 264 g/mol. The summed E-state index contributed by atoms with van der Waals surface area (Å²) in [5.74, 6) is 0. The fourth-order valence-electron chi connectivity index (χ4n) is 2.41. The molecule has 0 saturated heterocycles.